The molecule has 1 saturated heterocycles. The fraction of sp³-hybridized carbons (Fsp3) is 1.00. The largest absolute Gasteiger partial charge is 0.378 e. The van der Waals surface area contributed by atoms with Crippen molar-refractivity contribution >= 4 is 10.0 Å². The second-order valence-electron chi connectivity index (χ2n) is 4.81. The topological polar surface area (TPSA) is 67.4 Å². The Balaban J connectivity index is 1.51. The number of hydrogen-bond acceptors (Lipinski definition) is 4. The quantitative estimate of drug-likeness (QED) is 0.644. The third-order valence-corrected chi connectivity index (χ3v) is 5.18. The fourth-order valence-electron chi connectivity index (χ4n) is 1.99. The molecule has 17 heavy (non-hydrogen) atoms. The molecular weight excluding hydrogens is 240 g/mol. The first kappa shape index (κ1) is 13.3. The summed E-state index contributed by atoms with van der Waals surface area (Å²) in [5.41, 5.74) is 0. The average Bonchev–Trinajstić information content (AvgIpc) is 3.14. The normalized spacial score (nSPS) is 22.8. The van der Waals surface area contributed by atoms with Crippen LogP contribution in [-0.2, 0) is 14.8 Å². The van der Waals surface area contributed by atoms with Gasteiger partial charge >= 0.3 is 0 Å². The van der Waals surface area contributed by atoms with Crippen molar-refractivity contribution in [2.45, 2.75) is 43.5 Å². The molecule has 1 aliphatic carbocycles. The predicted octanol–water partition coefficient (Wildman–Crippen LogP) is 0.227. The van der Waals surface area contributed by atoms with E-state index in [1.165, 1.54) is 0 Å². The molecule has 5 nitrogen and oxygen atoms in total. The zero-order valence-corrected chi connectivity index (χ0v) is 11.0. The van der Waals surface area contributed by atoms with E-state index in [0.717, 1.165) is 45.2 Å². The summed E-state index contributed by atoms with van der Waals surface area (Å²) in [6.07, 6.45) is 4.88. The molecule has 0 amide bonds. The molecule has 100 valence electrons. The molecule has 0 aromatic rings. The van der Waals surface area contributed by atoms with E-state index in [-0.39, 0.29) is 5.25 Å². The van der Waals surface area contributed by atoms with Gasteiger partial charge in [-0.05, 0) is 45.2 Å². The summed E-state index contributed by atoms with van der Waals surface area (Å²) in [7, 11) is -3.01. The van der Waals surface area contributed by atoms with Gasteiger partial charge in [-0.2, -0.15) is 0 Å². The van der Waals surface area contributed by atoms with E-state index in [4.69, 9.17) is 4.74 Å². The van der Waals surface area contributed by atoms with Gasteiger partial charge in [-0.25, -0.2) is 13.1 Å². The maximum Gasteiger partial charge on any atom is 0.214 e. The summed E-state index contributed by atoms with van der Waals surface area (Å²) in [5, 5.41) is 3.17. The lowest BCUT2D eigenvalue weighted by molar-refractivity contribution is 0.0322. The monoisotopic (exact) mass is 262 g/mol. The first-order valence-electron chi connectivity index (χ1n) is 6.49. The van der Waals surface area contributed by atoms with Crippen LogP contribution >= 0.6 is 0 Å². The van der Waals surface area contributed by atoms with Crippen LogP contribution in [0.4, 0.5) is 0 Å². The zero-order valence-electron chi connectivity index (χ0n) is 10.2. The van der Waals surface area contributed by atoms with E-state index in [9.17, 15) is 8.42 Å². The summed E-state index contributed by atoms with van der Waals surface area (Å²) >= 11 is 0. The van der Waals surface area contributed by atoms with Crippen LogP contribution in [0.5, 0.6) is 0 Å². The van der Waals surface area contributed by atoms with Crippen molar-refractivity contribution in [3.8, 4) is 0 Å². The molecule has 1 aliphatic heterocycles. The number of hydrogen-bond donors (Lipinski definition) is 2. The van der Waals surface area contributed by atoms with Crippen molar-refractivity contribution < 1.29 is 13.2 Å². The third kappa shape index (κ3) is 4.54. The van der Waals surface area contributed by atoms with Gasteiger partial charge in [0.05, 0.1) is 11.4 Å². The number of nitrogens with one attached hydrogen (secondary N) is 2. The van der Waals surface area contributed by atoms with Gasteiger partial charge in [-0.3, -0.25) is 0 Å². The average molecular weight is 262 g/mol. The Bertz CT molecular complexity index is 322. The smallest absolute Gasteiger partial charge is 0.214 e. The van der Waals surface area contributed by atoms with E-state index >= 15 is 0 Å². The Hall–Kier alpha value is -0.170. The lowest BCUT2D eigenvalue weighted by Crippen LogP contribution is -2.33. The van der Waals surface area contributed by atoms with Gasteiger partial charge in [0.2, 0.25) is 10.0 Å². The van der Waals surface area contributed by atoms with Crippen LogP contribution in [-0.4, -0.2) is 46.0 Å². The van der Waals surface area contributed by atoms with Crippen LogP contribution in [0.2, 0.25) is 0 Å². The molecule has 2 aliphatic rings. The van der Waals surface area contributed by atoms with Gasteiger partial charge in [0, 0.05) is 13.2 Å². The second kappa shape index (κ2) is 6.13. The molecule has 0 aromatic carbocycles. The van der Waals surface area contributed by atoms with Gasteiger partial charge in [0.1, 0.15) is 0 Å². The summed E-state index contributed by atoms with van der Waals surface area (Å²) in [6.45, 7) is 3.21. The van der Waals surface area contributed by atoms with Crippen molar-refractivity contribution in [3.05, 3.63) is 0 Å². The highest BCUT2D eigenvalue weighted by Crippen LogP contribution is 2.27. The van der Waals surface area contributed by atoms with Crippen molar-refractivity contribution in [1.82, 2.24) is 10.0 Å². The first-order chi connectivity index (χ1) is 8.18. The van der Waals surface area contributed by atoms with Crippen molar-refractivity contribution in [3.63, 3.8) is 0 Å². The van der Waals surface area contributed by atoms with Crippen molar-refractivity contribution in [2.75, 3.05) is 26.2 Å². The molecule has 0 bridgehead atoms. The molecule has 1 saturated carbocycles. The molecule has 2 fully saturated rings. The molecule has 0 aromatic heterocycles. The van der Waals surface area contributed by atoms with E-state index in [2.05, 4.69) is 10.0 Å². The first-order valence-corrected chi connectivity index (χ1v) is 8.04. The Kier molecular flexibility index (Phi) is 4.78. The molecule has 0 radical (unpaired) electrons. The number of piperidine rings is 1. The van der Waals surface area contributed by atoms with E-state index in [1.807, 2.05) is 0 Å². The highest BCUT2D eigenvalue weighted by Gasteiger charge is 2.35. The van der Waals surface area contributed by atoms with Crippen molar-refractivity contribution in [1.29, 1.82) is 0 Å². The minimum absolute atomic E-state index is 0.118. The SMILES string of the molecule is O=S(=O)(NCCCOC1CCNCC1)C1CC1. The Labute approximate surface area is 103 Å². The standard InChI is InChI=1S/C11H22N2O3S/c14-17(15,11-2-3-11)13-6-1-9-16-10-4-7-12-8-5-10/h10-13H,1-9H2. The van der Waals surface area contributed by atoms with Gasteiger partial charge in [0.25, 0.3) is 0 Å². The van der Waals surface area contributed by atoms with Gasteiger partial charge in [-0.15, -0.1) is 0 Å². The Morgan fingerprint density at radius 3 is 2.53 bits per heavy atom. The summed E-state index contributed by atoms with van der Waals surface area (Å²) in [6, 6.07) is 0. The predicted molar refractivity (Wildman–Crippen MR) is 66.4 cm³/mol. The molecule has 1 heterocycles. The maximum atomic E-state index is 11.5. The summed E-state index contributed by atoms with van der Waals surface area (Å²) in [5.74, 6) is 0. The fourth-order valence-corrected chi connectivity index (χ4v) is 3.42. The highest BCUT2D eigenvalue weighted by molar-refractivity contribution is 7.90. The van der Waals surface area contributed by atoms with E-state index in [1.54, 1.807) is 0 Å². The van der Waals surface area contributed by atoms with Gasteiger partial charge < -0.3 is 10.1 Å². The molecule has 0 spiro atoms. The minimum atomic E-state index is -3.01. The van der Waals surface area contributed by atoms with Crippen LogP contribution in [0.3, 0.4) is 0 Å². The molecule has 6 heteroatoms. The summed E-state index contributed by atoms with van der Waals surface area (Å²) in [4.78, 5) is 0. The highest BCUT2D eigenvalue weighted by atomic mass is 32.2. The van der Waals surface area contributed by atoms with Crippen LogP contribution in [0.1, 0.15) is 32.1 Å². The second-order valence-corrected chi connectivity index (χ2v) is 6.86. The minimum Gasteiger partial charge on any atom is -0.378 e. The lowest BCUT2D eigenvalue weighted by Gasteiger charge is -2.22. The molecule has 0 atom stereocenters. The maximum absolute atomic E-state index is 11.5. The van der Waals surface area contributed by atoms with Gasteiger partial charge in [-0.1, -0.05) is 0 Å². The lowest BCUT2D eigenvalue weighted by atomic mass is 10.1. The van der Waals surface area contributed by atoms with E-state index < -0.39 is 10.0 Å². The van der Waals surface area contributed by atoms with Crippen LogP contribution < -0.4 is 10.0 Å². The Morgan fingerprint density at radius 2 is 1.88 bits per heavy atom. The number of ether oxygens (including phenoxy) is 1. The van der Waals surface area contributed by atoms with Crippen LogP contribution in [0, 0.1) is 0 Å². The number of rotatable bonds is 7. The third-order valence-electron chi connectivity index (χ3n) is 3.23. The molecular formula is C11H22N2O3S. The molecule has 2 N–H and O–H groups in total. The molecule has 0 unspecified atom stereocenters. The summed E-state index contributed by atoms with van der Waals surface area (Å²) < 4.78 is 31.3. The van der Waals surface area contributed by atoms with Crippen LogP contribution in [0.25, 0.3) is 0 Å². The van der Waals surface area contributed by atoms with Crippen LogP contribution in [0.15, 0.2) is 0 Å². The molecule has 2 rings (SSSR count). The zero-order chi connectivity index (χ0) is 12.1. The van der Waals surface area contributed by atoms with E-state index in [0.29, 0.717) is 19.3 Å². The Morgan fingerprint density at radius 1 is 1.18 bits per heavy atom. The number of sulfonamides is 1. The van der Waals surface area contributed by atoms with Crippen molar-refractivity contribution in [2.24, 2.45) is 0 Å². The van der Waals surface area contributed by atoms with Gasteiger partial charge in [0.15, 0.2) is 0 Å².